The summed E-state index contributed by atoms with van der Waals surface area (Å²) in [5.74, 6) is 0.385. The molecular weight excluding hydrogens is 386 g/mol. The van der Waals surface area contributed by atoms with Crippen molar-refractivity contribution in [1.82, 2.24) is 14.5 Å². The number of thioether (sulfide) groups is 1. The van der Waals surface area contributed by atoms with E-state index in [0.29, 0.717) is 36.1 Å². The average molecular weight is 410 g/mol. The van der Waals surface area contributed by atoms with Gasteiger partial charge in [0.15, 0.2) is 5.16 Å². The van der Waals surface area contributed by atoms with Gasteiger partial charge in [0, 0.05) is 30.9 Å². The van der Waals surface area contributed by atoms with Gasteiger partial charge in [-0.3, -0.25) is 4.79 Å². The van der Waals surface area contributed by atoms with Gasteiger partial charge in [0.2, 0.25) is 5.91 Å². The second-order valence-electron chi connectivity index (χ2n) is 6.77. The van der Waals surface area contributed by atoms with Crippen molar-refractivity contribution in [1.29, 1.82) is 0 Å². The largest absolute Gasteiger partial charge is 0.390 e. The quantitative estimate of drug-likeness (QED) is 0.743. The molecule has 8 heteroatoms. The molecule has 2 heterocycles. The van der Waals surface area contributed by atoms with E-state index in [-0.39, 0.29) is 24.7 Å². The lowest BCUT2D eigenvalue weighted by atomic mass is 10.2. The first-order valence-corrected chi connectivity index (χ1v) is 10.3. The zero-order valence-electron chi connectivity index (χ0n) is 15.5. The summed E-state index contributed by atoms with van der Waals surface area (Å²) in [4.78, 5) is 18.9. The number of rotatable bonds is 6. The monoisotopic (exact) mass is 409 g/mol. The predicted molar refractivity (Wildman–Crippen MR) is 106 cm³/mol. The second kappa shape index (κ2) is 9.10. The molecule has 1 N–H and O–H groups in total. The molecule has 1 aromatic heterocycles. The number of carbonyl (C=O) groups excluding carboxylic acids is 1. The van der Waals surface area contributed by atoms with Gasteiger partial charge in [0.1, 0.15) is 0 Å². The van der Waals surface area contributed by atoms with E-state index >= 15 is 0 Å². The molecule has 0 spiro atoms. The highest BCUT2D eigenvalue weighted by Crippen LogP contribution is 2.22. The summed E-state index contributed by atoms with van der Waals surface area (Å²) in [6, 6.07) is 7.60. The summed E-state index contributed by atoms with van der Waals surface area (Å²) >= 11 is 7.34. The lowest BCUT2D eigenvalue weighted by Gasteiger charge is -2.35. The Labute approximate surface area is 168 Å². The van der Waals surface area contributed by atoms with Crippen molar-refractivity contribution < 1.29 is 14.6 Å². The Kier molecular flexibility index (Phi) is 6.81. The Morgan fingerprint density at radius 1 is 1.30 bits per heavy atom. The van der Waals surface area contributed by atoms with Crippen LogP contribution in [-0.2, 0) is 22.7 Å². The van der Waals surface area contributed by atoms with Crippen LogP contribution in [0.3, 0.4) is 0 Å². The van der Waals surface area contributed by atoms with Gasteiger partial charge in [-0.2, -0.15) is 0 Å². The number of hydrogen-bond donors (Lipinski definition) is 1. The lowest BCUT2D eigenvalue weighted by molar-refractivity contribution is -0.140. The van der Waals surface area contributed by atoms with Gasteiger partial charge in [-0.15, -0.1) is 0 Å². The van der Waals surface area contributed by atoms with Gasteiger partial charge in [-0.1, -0.05) is 35.5 Å². The smallest absolute Gasteiger partial charge is 0.233 e. The molecule has 1 fully saturated rings. The van der Waals surface area contributed by atoms with E-state index in [9.17, 15) is 9.90 Å². The number of imidazole rings is 1. The highest BCUT2D eigenvalue weighted by atomic mass is 35.5. The molecule has 3 rings (SSSR count). The Morgan fingerprint density at radius 3 is 2.59 bits per heavy atom. The summed E-state index contributed by atoms with van der Waals surface area (Å²) in [6.07, 6.45) is 1.92. The Bertz CT molecular complexity index is 771. The van der Waals surface area contributed by atoms with Crippen LogP contribution in [0.15, 0.2) is 35.6 Å². The molecule has 2 atom stereocenters. The minimum atomic E-state index is -0.131. The number of hydrogen-bond acceptors (Lipinski definition) is 5. The molecule has 1 aliphatic heterocycles. The third-order valence-corrected chi connectivity index (χ3v) is 5.54. The molecule has 0 aliphatic carbocycles. The predicted octanol–water partition coefficient (Wildman–Crippen LogP) is 2.81. The van der Waals surface area contributed by atoms with Crippen LogP contribution in [0.2, 0.25) is 5.02 Å². The SMILES string of the molecule is CC1CN(C(=O)CSc2nc(CO)cn2Cc2ccc(Cl)cc2)CC(C)O1. The van der Waals surface area contributed by atoms with Crippen molar-refractivity contribution in [3.63, 3.8) is 0 Å². The number of halogens is 1. The zero-order valence-corrected chi connectivity index (χ0v) is 17.0. The van der Waals surface area contributed by atoms with Gasteiger partial charge in [0.25, 0.3) is 0 Å². The summed E-state index contributed by atoms with van der Waals surface area (Å²) in [5, 5.41) is 10.8. The standard InChI is InChI=1S/C19H24ClN3O3S/c1-13-7-22(8-14(2)26-13)18(25)12-27-19-21-17(11-24)10-23(19)9-15-3-5-16(20)6-4-15/h3-6,10,13-14,24H,7-9,11-12H2,1-2H3. The molecular formula is C19H24ClN3O3S. The van der Waals surface area contributed by atoms with Gasteiger partial charge >= 0.3 is 0 Å². The van der Waals surface area contributed by atoms with Crippen LogP contribution in [0, 0.1) is 0 Å². The molecule has 27 heavy (non-hydrogen) atoms. The molecule has 0 bridgehead atoms. The minimum absolute atomic E-state index is 0.0515. The minimum Gasteiger partial charge on any atom is -0.390 e. The van der Waals surface area contributed by atoms with E-state index in [2.05, 4.69) is 4.98 Å². The van der Waals surface area contributed by atoms with E-state index in [1.54, 1.807) is 0 Å². The van der Waals surface area contributed by atoms with Crippen molar-refractivity contribution in [2.24, 2.45) is 0 Å². The van der Waals surface area contributed by atoms with Crippen LogP contribution in [-0.4, -0.2) is 56.5 Å². The zero-order chi connectivity index (χ0) is 19.4. The fourth-order valence-electron chi connectivity index (χ4n) is 3.14. The number of nitrogens with zero attached hydrogens (tertiary/aromatic N) is 3. The van der Waals surface area contributed by atoms with Crippen LogP contribution in [0.25, 0.3) is 0 Å². The van der Waals surface area contributed by atoms with E-state index in [1.165, 1.54) is 11.8 Å². The molecule has 6 nitrogen and oxygen atoms in total. The van der Waals surface area contributed by atoms with Crippen LogP contribution in [0.4, 0.5) is 0 Å². The molecule has 2 aromatic rings. The summed E-state index contributed by atoms with van der Waals surface area (Å²) in [5.41, 5.74) is 1.66. The van der Waals surface area contributed by atoms with Crippen molar-refractivity contribution >= 4 is 29.3 Å². The number of aliphatic hydroxyl groups is 1. The highest BCUT2D eigenvalue weighted by molar-refractivity contribution is 7.99. The maximum atomic E-state index is 12.6. The topological polar surface area (TPSA) is 67.6 Å². The fraction of sp³-hybridized carbons (Fsp3) is 0.474. The Morgan fingerprint density at radius 2 is 1.96 bits per heavy atom. The first-order chi connectivity index (χ1) is 12.9. The Balaban J connectivity index is 1.66. The number of amides is 1. The maximum Gasteiger partial charge on any atom is 0.233 e. The Hall–Kier alpha value is -1.54. The van der Waals surface area contributed by atoms with Crippen molar-refractivity contribution in [3.05, 3.63) is 46.7 Å². The molecule has 146 valence electrons. The molecule has 1 aromatic carbocycles. The normalized spacial score (nSPS) is 20.1. The van der Waals surface area contributed by atoms with Crippen LogP contribution >= 0.6 is 23.4 Å². The van der Waals surface area contributed by atoms with Gasteiger partial charge in [-0.05, 0) is 31.5 Å². The lowest BCUT2D eigenvalue weighted by Crippen LogP contribution is -2.48. The van der Waals surface area contributed by atoms with Crippen LogP contribution < -0.4 is 0 Å². The number of aliphatic hydroxyl groups excluding tert-OH is 1. The number of morpholine rings is 1. The van der Waals surface area contributed by atoms with Crippen molar-refractivity contribution in [3.8, 4) is 0 Å². The molecule has 2 unspecified atom stereocenters. The molecule has 1 aliphatic rings. The summed E-state index contributed by atoms with van der Waals surface area (Å²) < 4.78 is 7.64. The number of benzene rings is 1. The van der Waals surface area contributed by atoms with E-state index in [1.807, 2.05) is 53.8 Å². The summed E-state index contributed by atoms with van der Waals surface area (Å²) in [7, 11) is 0. The van der Waals surface area contributed by atoms with Gasteiger partial charge in [0.05, 0.1) is 30.3 Å². The maximum absolute atomic E-state index is 12.6. The van der Waals surface area contributed by atoms with E-state index in [0.717, 1.165) is 10.7 Å². The number of aromatic nitrogens is 2. The molecule has 1 saturated heterocycles. The molecule has 1 amide bonds. The number of ether oxygens (including phenoxy) is 1. The first-order valence-electron chi connectivity index (χ1n) is 8.92. The fourth-order valence-corrected chi connectivity index (χ4v) is 4.17. The van der Waals surface area contributed by atoms with E-state index in [4.69, 9.17) is 16.3 Å². The highest BCUT2D eigenvalue weighted by Gasteiger charge is 2.26. The van der Waals surface area contributed by atoms with Crippen LogP contribution in [0.5, 0.6) is 0 Å². The van der Waals surface area contributed by atoms with Crippen molar-refractivity contribution in [2.75, 3.05) is 18.8 Å². The molecule has 0 saturated carbocycles. The average Bonchev–Trinajstić information content (AvgIpc) is 3.02. The third kappa shape index (κ3) is 5.48. The number of carbonyl (C=O) groups is 1. The summed E-state index contributed by atoms with van der Waals surface area (Å²) in [6.45, 7) is 5.67. The van der Waals surface area contributed by atoms with Gasteiger partial charge in [-0.25, -0.2) is 4.98 Å². The van der Waals surface area contributed by atoms with E-state index < -0.39 is 0 Å². The molecule has 0 radical (unpaired) electrons. The second-order valence-corrected chi connectivity index (χ2v) is 8.15. The van der Waals surface area contributed by atoms with Crippen molar-refractivity contribution in [2.45, 2.75) is 44.4 Å². The van der Waals surface area contributed by atoms with Gasteiger partial charge < -0.3 is 19.3 Å². The van der Waals surface area contributed by atoms with Crippen LogP contribution in [0.1, 0.15) is 25.1 Å². The first kappa shape index (κ1) is 20.2. The third-order valence-electron chi connectivity index (χ3n) is 4.32.